The molecule has 18 heavy (non-hydrogen) atoms. The minimum Gasteiger partial charge on any atom is -0.396 e. The number of carbonyl (C=O) groups is 1. The molecule has 0 heterocycles. The Morgan fingerprint density at radius 2 is 2.06 bits per heavy atom. The van der Waals surface area contributed by atoms with Crippen molar-refractivity contribution in [3.05, 3.63) is 29.8 Å². The number of rotatable bonds is 5. The third-order valence-electron chi connectivity index (χ3n) is 3.25. The van der Waals surface area contributed by atoms with Crippen LogP contribution in [0.1, 0.15) is 32.3 Å². The summed E-state index contributed by atoms with van der Waals surface area (Å²) in [5, 5.41) is 14.7. The highest BCUT2D eigenvalue weighted by molar-refractivity contribution is 5.90. The molecule has 4 nitrogen and oxygen atoms in total. The second kappa shape index (κ2) is 6.40. The molecule has 0 saturated carbocycles. The van der Waals surface area contributed by atoms with Crippen LogP contribution in [0.15, 0.2) is 24.3 Å². The second-order valence-electron chi connectivity index (χ2n) is 4.78. The lowest BCUT2D eigenvalue weighted by atomic mass is 9.95. The molecule has 1 rings (SSSR count). The molecule has 0 radical (unpaired) electrons. The van der Waals surface area contributed by atoms with Crippen molar-refractivity contribution in [2.45, 2.75) is 39.2 Å². The predicted molar refractivity (Wildman–Crippen MR) is 73.7 cm³/mol. The monoisotopic (exact) mass is 250 g/mol. The summed E-state index contributed by atoms with van der Waals surface area (Å²) in [6, 6.07) is 7.39. The molecule has 0 aliphatic heterocycles. The van der Waals surface area contributed by atoms with Gasteiger partial charge in [-0.2, -0.15) is 0 Å². The average Bonchev–Trinajstić information content (AvgIpc) is 2.32. The quantitative estimate of drug-likeness (QED) is 0.752. The van der Waals surface area contributed by atoms with Crippen molar-refractivity contribution in [3.63, 3.8) is 0 Å². The molecule has 2 amide bonds. The van der Waals surface area contributed by atoms with Crippen LogP contribution in [0.25, 0.3) is 0 Å². The smallest absolute Gasteiger partial charge is 0.319 e. The Bertz CT molecular complexity index is 407. The number of aryl methyl sites for hydroxylation is 1. The van der Waals surface area contributed by atoms with Gasteiger partial charge in [0.15, 0.2) is 0 Å². The third kappa shape index (κ3) is 4.04. The normalized spacial score (nSPS) is 13.8. The average molecular weight is 250 g/mol. The number of hydrogen-bond acceptors (Lipinski definition) is 2. The first-order valence-corrected chi connectivity index (χ1v) is 6.26. The fourth-order valence-corrected chi connectivity index (χ4v) is 1.72. The molecular weight excluding hydrogens is 228 g/mol. The van der Waals surface area contributed by atoms with Crippen LogP contribution in [-0.4, -0.2) is 23.3 Å². The van der Waals surface area contributed by atoms with E-state index in [-0.39, 0.29) is 18.2 Å². The second-order valence-corrected chi connectivity index (χ2v) is 4.78. The van der Waals surface area contributed by atoms with E-state index >= 15 is 0 Å². The molecule has 100 valence electrons. The number of carbonyl (C=O) groups excluding carboxylic acids is 1. The maximum absolute atomic E-state index is 11.9. The standard InChI is InChI=1S/C14H22N2O2/c1-4-14(3,9-10-17)16-13(18)15-12-8-6-5-7-11(12)2/h5-8,17H,4,9-10H2,1-3H3,(H2,15,16,18). The maximum atomic E-state index is 11.9. The number of urea groups is 1. The van der Waals surface area contributed by atoms with E-state index < -0.39 is 0 Å². The van der Waals surface area contributed by atoms with Crippen molar-refractivity contribution in [1.82, 2.24) is 5.32 Å². The molecule has 0 saturated heterocycles. The zero-order valence-electron chi connectivity index (χ0n) is 11.3. The zero-order valence-corrected chi connectivity index (χ0v) is 11.3. The van der Waals surface area contributed by atoms with Gasteiger partial charge in [0.2, 0.25) is 0 Å². The van der Waals surface area contributed by atoms with Crippen molar-refractivity contribution < 1.29 is 9.90 Å². The number of aliphatic hydroxyl groups is 1. The van der Waals surface area contributed by atoms with Gasteiger partial charge in [0.1, 0.15) is 0 Å². The molecule has 4 heteroatoms. The first-order valence-electron chi connectivity index (χ1n) is 6.26. The van der Waals surface area contributed by atoms with Gasteiger partial charge in [-0.15, -0.1) is 0 Å². The van der Waals surface area contributed by atoms with Crippen LogP contribution in [0.5, 0.6) is 0 Å². The molecule has 1 aromatic rings. The maximum Gasteiger partial charge on any atom is 0.319 e. The van der Waals surface area contributed by atoms with Gasteiger partial charge < -0.3 is 15.7 Å². The van der Waals surface area contributed by atoms with Gasteiger partial charge in [-0.3, -0.25) is 0 Å². The van der Waals surface area contributed by atoms with Gasteiger partial charge in [-0.1, -0.05) is 25.1 Å². The van der Waals surface area contributed by atoms with E-state index in [1.54, 1.807) is 0 Å². The Labute approximate surface area is 108 Å². The summed E-state index contributed by atoms with van der Waals surface area (Å²) in [6.45, 7) is 5.93. The summed E-state index contributed by atoms with van der Waals surface area (Å²) in [6.07, 6.45) is 1.32. The van der Waals surface area contributed by atoms with E-state index in [0.29, 0.717) is 6.42 Å². The minimum atomic E-state index is -0.373. The number of benzene rings is 1. The highest BCUT2D eigenvalue weighted by Gasteiger charge is 2.23. The van der Waals surface area contributed by atoms with E-state index in [9.17, 15) is 4.79 Å². The van der Waals surface area contributed by atoms with E-state index in [1.165, 1.54) is 0 Å². The van der Waals surface area contributed by atoms with Crippen LogP contribution in [0.4, 0.5) is 10.5 Å². The topological polar surface area (TPSA) is 61.4 Å². The van der Waals surface area contributed by atoms with Gasteiger partial charge in [-0.05, 0) is 38.3 Å². The van der Waals surface area contributed by atoms with Crippen molar-refractivity contribution in [2.75, 3.05) is 11.9 Å². The molecule has 0 fully saturated rings. The fraction of sp³-hybridized carbons (Fsp3) is 0.500. The first kappa shape index (κ1) is 14.5. The largest absolute Gasteiger partial charge is 0.396 e. The first-order chi connectivity index (χ1) is 8.50. The molecular formula is C14H22N2O2. The van der Waals surface area contributed by atoms with Crippen LogP contribution < -0.4 is 10.6 Å². The van der Waals surface area contributed by atoms with Crippen molar-refractivity contribution in [3.8, 4) is 0 Å². The summed E-state index contributed by atoms with van der Waals surface area (Å²) >= 11 is 0. The van der Waals surface area contributed by atoms with Crippen LogP contribution >= 0.6 is 0 Å². The van der Waals surface area contributed by atoms with Gasteiger partial charge in [-0.25, -0.2) is 4.79 Å². The molecule has 0 bridgehead atoms. The minimum absolute atomic E-state index is 0.0645. The molecule has 0 aliphatic rings. The highest BCUT2D eigenvalue weighted by atomic mass is 16.3. The Morgan fingerprint density at radius 3 is 2.61 bits per heavy atom. The molecule has 1 aromatic carbocycles. The lowest BCUT2D eigenvalue weighted by molar-refractivity contribution is 0.208. The summed E-state index contributed by atoms with van der Waals surface area (Å²) < 4.78 is 0. The van der Waals surface area contributed by atoms with E-state index in [0.717, 1.165) is 17.7 Å². The van der Waals surface area contributed by atoms with E-state index in [1.807, 2.05) is 45.0 Å². The summed E-state index contributed by atoms with van der Waals surface area (Å²) in [7, 11) is 0. The van der Waals surface area contributed by atoms with E-state index in [4.69, 9.17) is 5.11 Å². The highest BCUT2D eigenvalue weighted by Crippen LogP contribution is 2.16. The summed E-state index contributed by atoms with van der Waals surface area (Å²) in [5.41, 5.74) is 1.45. The van der Waals surface area contributed by atoms with E-state index in [2.05, 4.69) is 10.6 Å². The van der Waals surface area contributed by atoms with Crippen LogP contribution in [0.3, 0.4) is 0 Å². The van der Waals surface area contributed by atoms with Crippen LogP contribution in [0, 0.1) is 6.92 Å². The number of aliphatic hydroxyl groups excluding tert-OH is 1. The molecule has 0 aliphatic carbocycles. The molecule has 3 N–H and O–H groups in total. The van der Waals surface area contributed by atoms with Gasteiger partial charge in [0.05, 0.1) is 0 Å². The van der Waals surface area contributed by atoms with Crippen molar-refractivity contribution in [1.29, 1.82) is 0 Å². The Balaban J connectivity index is 2.64. The number of hydrogen-bond donors (Lipinski definition) is 3. The number of nitrogens with one attached hydrogen (secondary N) is 2. The van der Waals surface area contributed by atoms with Crippen LogP contribution in [-0.2, 0) is 0 Å². The lowest BCUT2D eigenvalue weighted by Gasteiger charge is -2.29. The summed E-state index contributed by atoms with van der Waals surface area (Å²) in [5.74, 6) is 0. The predicted octanol–water partition coefficient (Wildman–Crippen LogP) is 2.67. The Kier molecular flexibility index (Phi) is 5.16. The van der Waals surface area contributed by atoms with Crippen LogP contribution in [0.2, 0.25) is 0 Å². The Morgan fingerprint density at radius 1 is 1.39 bits per heavy atom. The number of anilines is 1. The summed E-state index contributed by atoms with van der Waals surface area (Å²) in [4.78, 5) is 11.9. The number of para-hydroxylation sites is 1. The Hall–Kier alpha value is -1.55. The van der Waals surface area contributed by atoms with Gasteiger partial charge in [0, 0.05) is 17.8 Å². The number of amides is 2. The van der Waals surface area contributed by atoms with Gasteiger partial charge >= 0.3 is 6.03 Å². The molecule has 0 aromatic heterocycles. The molecule has 0 spiro atoms. The SMILES string of the molecule is CCC(C)(CCO)NC(=O)Nc1ccccc1C. The zero-order chi connectivity index (χ0) is 13.6. The molecule has 1 unspecified atom stereocenters. The molecule has 1 atom stereocenters. The van der Waals surface area contributed by atoms with Crippen molar-refractivity contribution in [2.24, 2.45) is 0 Å². The third-order valence-corrected chi connectivity index (χ3v) is 3.25. The van der Waals surface area contributed by atoms with Crippen molar-refractivity contribution >= 4 is 11.7 Å². The fourth-order valence-electron chi connectivity index (χ4n) is 1.72. The lowest BCUT2D eigenvalue weighted by Crippen LogP contribution is -2.48. The van der Waals surface area contributed by atoms with Gasteiger partial charge in [0.25, 0.3) is 0 Å².